The van der Waals surface area contributed by atoms with E-state index >= 15 is 0 Å². The van der Waals surface area contributed by atoms with Gasteiger partial charge in [0, 0.05) is 45.8 Å². The summed E-state index contributed by atoms with van der Waals surface area (Å²) < 4.78 is 20.0. The molecule has 9 nitrogen and oxygen atoms in total. The highest BCUT2D eigenvalue weighted by atomic mass is 32.2. The maximum Gasteiger partial charge on any atom is 0.323 e. The molecule has 0 aliphatic heterocycles. The first kappa shape index (κ1) is 24.6. The number of pyridine rings is 1. The molecule has 3 amide bonds. The lowest BCUT2D eigenvalue weighted by Gasteiger charge is -2.10. The lowest BCUT2D eigenvalue weighted by molar-refractivity contribution is 0.0983. The van der Waals surface area contributed by atoms with Crippen LogP contribution >= 0.6 is 0 Å². The van der Waals surface area contributed by atoms with Crippen molar-refractivity contribution in [1.82, 2.24) is 14.7 Å². The molecule has 1 atom stereocenters. The number of ether oxygens (including phenoxy) is 1. The monoisotopic (exact) mass is 503 g/mol. The molecule has 0 fully saturated rings. The van der Waals surface area contributed by atoms with E-state index in [1.54, 1.807) is 48.7 Å². The Morgan fingerprint density at radius 1 is 0.972 bits per heavy atom. The van der Waals surface area contributed by atoms with Crippen LogP contribution in [0, 0.1) is 6.92 Å². The second-order valence-electron chi connectivity index (χ2n) is 8.19. The zero-order valence-corrected chi connectivity index (χ0v) is 20.5. The number of hydrogen-bond acceptors (Lipinski definition) is 5. The number of benzene rings is 2. The number of nitrogens with one attached hydrogen (secondary N) is 4. The zero-order chi connectivity index (χ0) is 25.7. The molecule has 4 rings (SSSR count). The predicted molar refractivity (Wildman–Crippen MR) is 143 cm³/mol. The summed E-state index contributed by atoms with van der Waals surface area (Å²) in [6.45, 7) is 1.96. The molecule has 2 heterocycles. The van der Waals surface area contributed by atoms with Gasteiger partial charge in [0.05, 0.1) is 17.0 Å². The number of rotatable bonds is 7. The Balaban J connectivity index is 1.38. The average molecular weight is 504 g/mol. The molecule has 1 unspecified atom stereocenters. The first-order valence-corrected chi connectivity index (χ1v) is 13.0. The van der Waals surface area contributed by atoms with Crippen LogP contribution in [0.5, 0.6) is 11.5 Å². The standard InChI is InChI=1S/C26H25N5O4S/c1-17-5-4-6-20(13-17)30-26(33)29-19-7-9-21(10-8-19)35-22-11-12-27-24(15-22)23-14-18(16-28-23)25(32)31-36(2,3)34/h4-16,28H,2H2,1,3H3,(H2,29,30,33)(H,31,32,34). The van der Waals surface area contributed by atoms with E-state index in [1.807, 2.05) is 31.2 Å². The van der Waals surface area contributed by atoms with Gasteiger partial charge in [-0.2, -0.15) is 0 Å². The third kappa shape index (κ3) is 6.73. The second-order valence-corrected chi connectivity index (χ2v) is 10.4. The first-order chi connectivity index (χ1) is 17.1. The predicted octanol–water partition coefficient (Wildman–Crippen LogP) is 4.81. The van der Waals surface area contributed by atoms with Crippen LogP contribution in [0.4, 0.5) is 16.2 Å². The van der Waals surface area contributed by atoms with Gasteiger partial charge in [-0.15, -0.1) is 0 Å². The highest BCUT2D eigenvalue weighted by molar-refractivity contribution is 7.98. The Hall–Kier alpha value is -4.57. The number of aromatic nitrogens is 2. The number of hydrogen-bond donors (Lipinski definition) is 4. The summed E-state index contributed by atoms with van der Waals surface area (Å²) in [5.74, 6) is 4.03. The molecule has 0 bridgehead atoms. The number of nitrogens with zero attached hydrogens (tertiary/aromatic N) is 1. The number of anilines is 2. The zero-order valence-electron chi connectivity index (χ0n) is 19.7. The quantitative estimate of drug-likeness (QED) is 0.269. The Labute approximate surface area is 209 Å². The number of aromatic amines is 1. The summed E-state index contributed by atoms with van der Waals surface area (Å²) in [5.41, 5.74) is 3.84. The molecule has 0 saturated heterocycles. The van der Waals surface area contributed by atoms with Gasteiger partial charge in [0.15, 0.2) is 0 Å². The maximum atomic E-state index is 12.2. The van der Waals surface area contributed by atoms with E-state index in [1.165, 1.54) is 12.5 Å². The molecule has 0 spiro atoms. The Bertz CT molecular complexity index is 1510. The first-order valence-electron chi connectivity index (χ1n) is 10.9. The number of aryl methyl sites for hydroxylation is 1. The van der Waals surface area contributed by atoms with Crippen LogP contribution < -0.4 is 20.1 Å². The molecule has 0 aliphatic carbocycles. The minimum atomic E-state index is -2.67. The SMILES string of the molecule is C=S(C)(=O)NC(=O)c1c[nH]c(-c2cc(Oc3ccc(NC(=O)Nc4cccc(C)c4)cc3)ccn2)c1. The minimum absolute atomic E-state index is 0.311. The van der Waals surface area contributed by atoms with Gasteiger partial charge in [-0.05, 0) is 66.9 Å². The molecule has 184 valence electrons. The van der Waals surface area contributed by atoms with Gasteiger partial charge in [-0.1, -0.05) is 12.1 Å². The largest absolute Gasteiger partial charge is 0.457 e. The van der Waals surface area contributed by atoms with Crippen LogP contribution in [0.3, 0.4) is 0 Å². The van der Waals surface area contributed by atoms with Crippen molar-refractivity contribution >= 4 is 38.9 Å². The van der Waals surface area contributed by atoms with Gasteiger partial charge in [0.1, 0.15) is 11.5 Å². The summed E-state index contributed by atoms with van der Waals surface area (Å²) in [4.78, 5) is 31.7. The fourth-order valence-electron chi connectivity index (χ4n) is 3.31. The number of amides is 3. The summed E-state index contributed by atoms with van der Waals surface area (Å²) in [5, 5.41) is 5.58. The van der Waals surface area contributed by atoms with Crippen LogP contribution in [-0.2, 0) is 9.71 Å². The molecule has 0 radical (unpaired) electrons. The van der Waals surface area contributed by atoms with Crippen molar-refractivity contribution < 1.29 is 18.5 Å². The van der Waals surface area contributed by atoms with Crippen LogP contribution in [0.2, 0.25) is 0 Å². The molecule has 2 aromatic heterocycles. The summed E-state index contributed by atoms with van der Waals surface area (Å²) in [6, 6.07) is 19.2. The Kier molecular flexibility index (Phi) is 7.07. The van der Waals surface area contributed by atoms with Gasteiger partial charge in [0.2, 0.25) is 0 Å². The van der Waals surface area contributed by atoms with Crippen molar-refractivity contribution in [2.45, 2.75) is 6.92 Å². The van der Waals surface area contributed by atoms with Crippen molar-refractivity contribution in [3.63, 3.8) is 0 Å². The van der Waals surface area contributed by atoms with Gasteiger partial charge in [-0.25, -0.2) is 9.00 Å². The van der Waals surface area contributed by atoms with Crippen molar-refractivity contribution in [2.24, 2.45) is 0 Å². The molecule has 36 heavy (non-hydrogen) atoms. The molecule has 10 heteroatoms. The maximum absolute atomic E-state index is 12.2. The highest BCUT2D eigenvalue weighted by Crippen LogP contribution is 2.26. The fraction of sp³-hybridized carbons (Fsp3) is 0.0769. The summed E-state index contributed by atoms with van der Waals surface area (Å²) in [6.07, 6.45) is 4.45. The summed E-state index contributed by atoms with van der Waals surface area (Å²) >= 11 is 0. The van der Waals surface area contributed by atoms with Crippen LogP contribution in [0.1, 0.15) is 15.9 Å². The van der Waals surface area contributed by atoms with E-state index in [0.29, 0.717) is 39.8 Å². The van der Waals surface area contributed by atoms with Gasteiger partial charge >= 0.3 is 6.03 Å². The molecule has 4 aromatic rings. The van der Waals surface area contributed by atoms with E-state index in [4.69, 9.17) is 4.74 Å². The fourth-order valence-corrected chi connectivity index (χ4v) is 3.82. The van der Waals surface area contributed by atoms with Crippen LogP contribution in [0.25, 0.3) is 11.4 Å². The van der Waals surface area contributed by atoms with Crippen molar-refractivity contribution in [3.05, 3.63) is 90.3 Å². The van der Waals surface area contributed by atoms with Gasteiger partial charge in [0.25, 0.3) is 5.91 Å². The topological polar surface area (TPSA) is 125 Å². The number of H-pyrrole nitrogens is 1. The number of carbonyl (C=O) groups is 2. The molecule has 0 aliphatic rings. The lowest BCUT2D eigenvalue weighted by atomic mass is 10.2. The average Bonchev–Trinajstić information content (AvgIpc) is 3.30. The van der Waals surface area contributed by atoms with Gasteiger partial charge < -0.3 is 20.4 Å². The Morgan fingerprint density at radius 3 is 2.44 bits per heavy atom. The molecular weight excluding hydrogens is 478 g/mol. The molecule has 2 aromatic carbocycles. The number of urea groups is 1. The van der Waals surface area contributed by atoms with Crippen molar-refractivity contribution in [2.75, 3.05) is 16.9 Å². The van der Waals surface area contributed by atoms with Crippen LogP contribution in [0.15, 0.2) is 79.1 Å². The molecular formula is C26H25N5O4S. The van der Waals surface area contributed by atoms with Crippen molar-refractivity contribution in [3.8, 4) is 22.9 Å². The smallest absolute Gasteiger partial charge is 0.323 e. The van der Waals surface area contributed by atoms with Crippen LogP contribution in [-0.4, -0.2) is 38.2 Å². The van der Waals surface area contributed by atoms with Gasteiger partial charge in [-0.3, -0.25) is 14.5 Å². The van der Waals surface area contributed by atoms with E-state index in [-0.39, 0.29) is 6.03 Å². The minimum Gasteiger partial charge on any atom is -0.457 e. The Morgan fingerprint density at radius 2 is 1.72 bits per heavy atom. The van der Waals surface area contributed by atoms with E-state index in [2.05, 4.69) is 31.2 Å². The van der Waals surface area contributed by atoms with E-state index in [0.717, 1.165) is 5.56 Å². The molecule has 0 saturated carbocycles. The third-order valence-electron chi connectivity index (χ3n) is 4.88. The second kappa shape index (κ2) is 10.4. The number of carbonyl (C=O) groups excluding carboxylic acids is 2. The highest BCUT2D eigenvalue weighted by Gasteiger charge is 2.12. The third-order valence-corrected chi connectivity index (χ3v) is 5.50. The summed E-state index contributed by atoms with van der Waals surface area (Å²) in [7, 11) is -2.67. The van der Waals surface area contributed by atoms with E-state index < -0.39 is 15.6 Å². The van der Waals surface area contributed by atoms with E-state index in [9.17, 15) is 13.8 Å². The normalized spacial score (nSPS) is 12.3. The lowest BCUT2D eigenvalue weighted by Crippen LogP contribution is -2.28. The van der Waals surface area contributed by atoms with Crippen molar-refractivity contribution in [1.29, 1.82) is 0 Å². The molecule has 4 N–H and O–H groups in total.